The Labute approximate surface area is 66.1 Å². The molecule has 1 heterocycles. The van der Waals surface area contributed by atoms with E-state index in [1.807, 2.05) is 0 Å². The molecule has 1 saturated heterocycles. The molecule has 0 aromatic carbocycles. The van der Waals surface area contributed by atoms with Crippen molar-refractivity contribution in [1.82, 2.24) is 4.67 Å². The standard InChI is InChI=1S/C5H9N2O3P/c6-5(9)3-1-10-2-4(8)7(3)11/h3H,1-2,11H2,(H2,6,9). The highest BCUT2D eigenvalue weighted by atomic mass is 31.0. The van der Waals surface area contributed by atoms with Crippen molar-refractivity contribution >= 4 is 21.2 Å². The zero-order valence-electron chi connectivity index (χ0n) is 5.82. The van der Waals surface area contributed by atoms with Gasteiger partial charge in [0.1, 0.15) is 12.6 Å². The van der Waals surface area contributed by atoms with Crippen LogP contribution >= 0.6 is 9.39 Å². The first-order valence-electron chi connectivity index (χ1n) is 3.06. The van der Waals surface area contributed by atoms with Crippen LogP contribution in [0.5, 0.6) is 0 Å². The molecule has 2 N–H and O–H groups in total. The molecule has 11 heavy (non-hydrogen) atoms. The molecule has 1 rings (SSSR count). The third-order valence-electron chi connectivity index (χ3n) is 1.45. The maximum absolute atomic E-state index is 10.9. The van der Waals surface area contributed by atoms with Gasteiger partial charge in [0.05, 0.1) is 6.61 Å². The average Bonchev–Trinajstić information content (AvgIpc) is 1.94. The fraction of sp³-hybridized carbons (Fsp3) is 0.600. The van der Waals surface area contributed by atoms with E-state index in [1.165, 1.54) is 4.67 Å². The Morgan fingerprint density at radius 3 is 2.91 bits per heavy atom. The van der Waals surface area contributed by atoms with Gasteiger partial charge in [0.25, 0.3) is 5.91 Å². The van der Waals surface area contributed by atoms with Crippen LogP contribution in [0.3, 0.4) is 0 Å². The quantitative estimate of drug-likeness (QED) is 0.493. The molecule has 0 aliphatic carbocycles. The van der Waals surface area contributed by atoms with E-state index in [4.69, 9.17) is 10.5 Å². The molecule has 0 spiro atoms. The van der Waals surface area contributed by atoms with Crippen LogP contribution in [-0.4, -0.2) is 35.7 Å². The minimum absolute atomic E-state index is 0.0211. The summed E-state index contributed by atoms with van der Waals surface area (Å²) in [7, 11) is 2.16. The molecule has 1 fully saturated rings. The first-order chi connectivity index (χ1) is 5.13. The molecule has 0 radical (unpaired) electrons. The van der Waals surface area contributed by atoms with Gasteiger partial charge in [0.2, 0.25) is 5.91 Å². The molecular weight excluding hydrogens is 167 g/mol. The number of amides is 2. The lowest BCUT2D eigenvalue weighted by atomic mass is 10.2. The highest BCUT2D eigenvalue weighted by Gasteiger charge is 2.29. The molecule has 2 amide bonds. The van der Waals surface area contributed by atoms with Crippen LogP contribution in [0.1, 0.15) is 0 Å². The Balaban J connectivity index is 2.65. The number of morpholine rings is 1. The Morgan fingerprint density at radius 2 is 2.45 bits per heavy atom. The van der Waals surface area contributed by atoms with Crippen LogP contribution in [0.4, 0.5) is 0 Å². The third kappa shape index (κ3) is 1.67. The second-order valence-electron chi connectivity index (χ2n) is 2.23. The van der Waals surface area contributed by atoms with E-state index in [2.05, 4.69) is 9.39 Å². The van der Waals surface area contributed by atoms with Gasteiger partial charge in [-0.3, -0.25) is 9.59 Å². The van der Waals surface area contributed by atoms with E-state index in [0.717, 1.165) is 0 Å². The van der Waals surface area contributed by atoms with Crippen LogP contribution < -0.4 is 5.73 Å². The van der Waals surface area contributed by atoms with E-state index in [1.54, 1.807) is 0 Å². The number of ether oxygens (including phenoxy) is 1. The fourth-order valence-corrected chi connectivity index (χ4v) is 1.11. The molecule has 0 saturated carbocycles. The van der Waals surface area contributed by atoms with Gasteiger partial charge in [-0.25, -0.2) is 0 Å². The summed E-state index contributed by atoms with van der Waals surface area (Å²) in [6.45, 7) is 0.206. The summed E-state index contributed by atoms with van der Waals surface area (Å²) in [5.74, 6) is -0.793. The molecule has 0 bridgehead atoms. The van der Waals surface area contributed by atoms with Gasteiger partial charge in [0.15, 0.2) is 0 Å². The van der Waals surface area contributed by atoms with E-state index >= 15 is 0 Å². The van der Waals surface area contributed by atoms with E-state index in [0.29, 0.717) is 0 Å². The van der Waals surface area contributed by atoms with Gasteiger partial charge >= 0.3 is 0 Å². The summed E-state index contributed by atoms with van der Waals surface area (Å²) in [6, 6.07) is -0.638. The molecule has 2 atom stereocenters. The smallest absolute Gasteiger partial charge is 0.252 e. The van der Waals surface area contributed by atoms with Crippen LogP contribution in [-0.2, 0) is 14.3 Å². The average molecular weight is 176 g/mol. The summed E-state index contributed by atoms with van der Waals surface area (Å²) >= 11 is 0. The van der Waals surface area contributed by atoms with Crippen LogP contribution in [0, 0.1) is 0 Å². The maximum atomic E-state index is 10.9. The zero-order valence-corrected chi connectivity index (χ0v) is 6.97. The van der Waals surface area contributed by atoms with Crippen molar-refractivity contribution in [2.24, 2.45) is 5.73 Å². The predicted molar refractivity (Wildman–Crippen MR) is 40.4 cm³/mol. The summed E-state index contributed by atoms with van der Waals surface area (Å²) in [5, 5.41) is 0. The number of carbonyl (C=O) groups is 2. The summed E-state index contributed by atoms with van der Waals surface area (Å²) in [4.78, 5) is 21.5. The minimum Gasteiger partial charge on any atom is -0.369 e. The molecule has 0 aromatic rings. The molecule has 1 aliphatic heterocycles. The summed E-state index contributed by atoms with van der Waals surface area (Å²) < 4.78 is 6.05. The highest BCUT2D eigenvalue weighted by molar-refractivity contribution is 7.14. The normalized spacial score (nSPS) is 25.4. The number of primary amides is 1. The first kappa shape index (κ1) is 8.43. The number of nitrogens with zero attached hydrogens (tertiary/aromatic N) is 1. The van der Waals surface area contributed by atoms with Crippen LogP contribution in [0.25, 0.3) is 0 Å². The molecule has 0 aromatic heterocycles. The molecular formula is C5H9N2O3P. The first-order valence-corrected chi connectivity index (χ1v) is 3.58. The SMILES string of the molecule is NC(=O)C1COCC(=O)N1P. The number of carbonyl (C=O) groups excluding carboxylic acids is 2. The van der Waals surface area contributed by atoms with Crippen LogP contribution in [0.2, 0.25) is 0 Å². The monoisotopic (exact) mass is 176 g/mol. The lowest BCUT2D eigenvalue weighted by Crippen LogP contribution is -2.50. The lowest BCUT2D eigenvalue weighted by molar-refractivity contribution is -0.145. The minimum atomic E-state index is -0.638. The Hall–Kier alpha value is -0.670. The van der Waals surface area contributed by atoms with Gasteiger partial charge in [-0.1, -0.05) is 0 Å². The third-order valence-corrected chi connectivity index (χ3v) is 2.10. The largest absolute Gasteiger partial charge is 0.369 e. The lowest BCUT2D eigenvalue weighted by Gasteiger charge is -2.29. The van der Waals surface area contributed by atoms with Crippen molar-refractivity contribution in [2.45, 2.75) is 6.04 Å². The van der Waals surface area contributed by atoms with Crippen molar-refractivity contribution in [3.63, 3.8) is 0 Å². The van der Waals surface area contributed by atoms with Gasteiger partial charge in [-0.2, -0.15) is 0 Å². The zero-order chi connectivity index (χ0) is 8.43. The number of nitrogens with two attached hydrogens (primary N) is 1. The molecule has 6 heteroatoms. The van der Waals surface area contributed by atoms with Crippen molar-refractivity contribution in [3.05, 3.63) is 0 Å². The summed E-state index contributed by atoms with van der Waals surface area (Å²) in [6.07, 6.45) is 0. The Kier molecular flexibility index (Phi) is 2.42. The topological polar surface area (TPSA) is 72.6 Å². The number of hydrogen-bond donors (Lipinski definition) is 1. The van der Waals surface area contributed by atoms with E-state index in [-0.39, 0.29) is 19.1 Å². The predicted octanol–water partition coefficient (Wildman–Crippen LogP) is -1.51. The van der Waals surface area contributed by atoms with Crippen molar-refractivity contribution in [3.8, 4) is 0 Å². The highest BCUT2D eigenvalue weighted by Crippen LogP contribution is 2.12. The Morgan fingerprint density at radius 1 is 1.82 bits per heavy atom. The number of hydrogen-bond acceptors (Lipinski definition) is 3. The van der Waals surface area contributed by atoms with Crippen molar-refractivity contribution < 1.29 is 14.3 Å². The Bertz CT molecular complexity index is 196. The van der Waals surface area contributed by atoms with Gasteiger partial charge in [-0.05, 0) is 9.39 Å². The number of rotatable bonds is 1. The van der Waals surface area contributed by atoms with Gasteiger partial charge < -0.3 is 15.1 Å². The van der Waals surface area contributed by atoms with Crippen LogP contribution in [0.15, 0.2) is 0 Å². The fourth-order valence-electron chi connectivity index (χ4n) is 0.806. The molecule has 5 nitrogen and oxygen atoms in total. The second kappa shape index (κ2) is 3.15. The maximum Gasteiger partial charge on any atom is 0.252 e. The van der Waals surface area contributed by atoms with E-state index in [9.17, 15) is 9.59 Å². The van der Waals surface area contributed by atoms with E-state index < -0.39 is 11.9 Å². The molecule has 1 aliphatic rings. The second-order valence-corrected chi connectivity index (χ2v) is 2.79. The molecule has 2 unspecified atom stereocenters. The van der Waals surface area contributed by atoms with Gasteiger partial charge in [0, 0.05) is 0 Å². The van der Waals surface area contributed by atoms with Crippen molar-refractivity contribution in [1.29, 1.82) is 0 Å². The van der Waals surface area contributed by atoms with Gasteiger partial charge in [-0.15, -0.1) is 0 Å². The summed E-state index contributed by atoms with van der Waals surface area (Å²) in [5.41, 5.74) is 4.99. The van der Waals surface area contributed by atoms with Crippen molar-refractivity contribution in [2.75, 3.05) is 13.2 Å². The molecule has 62 valence electrons.